The van der Waals surface area contributed by atoms with Crippen LogP contribution in [-0.2, 0) is 23.9 Å². The Morgan fingerprint density at radius 1 is 0.900 bits per heavy atom. The van der Waals surface area contributed by atoms with Gasteiger partial charge in [-0.3, -0.25) is 14.4 Å². The third-order valence-corrected chi connectivity index (χ3v) is 2.09. The van der Waals surface area contributed by atoms with Gasteiger partial charge >= 0.3 is 5.97 Å². The number of ether oxygens (including phenoxy) is 2. The molecule has 0 amide bonds. The van der Waals surface area contributed by atoms with Gasteiger partial charge in [0.2, 0.25) is 12.1 Å². The van der Waals surface area contributed by atoms with Crippen LogP contribution in [-0.4, -0.2) is 40.1 Å². The highest BCUT2D eigenvalue weighted by molar-refractivity contribution is 6.17. The van der Waals surface area contributed by atoms with Crippen LogP contribution in [0.5, 0.6) is 0 Å². The molecule has 116 valence electrons. The summed E-state index contributed by atoms with van der Waals surface area (Å²) in [6.45, 7) is 11.3. The van der Waals surface area contributed by atoms with E-state index in [1.54, 1.807) is 41.5 Å². The Morgan fingerprint density at radius 3 is 1.45 bits per heavy atom. The number of Topliss-reactive ketones (excluding diaryl/α,β-unsaturated/α-hetero) is 2. The number of ketones is 2. The predicted molar refractivity (Wildman–Crippen MR) is 72.3 cm³/mol. The molecule has 0 aliphatic heterocycles. The fourth-order valence-corrected chi connectivity index (χ4v) is 1.41. The fraction of sp³-hybridized carbons (Fsp3) is 0.786. The van der Waals surface area contributed by atoms with Gasteiger partial charge in [-0.25, -0.2) is 0 Å². The van der Waals surface area contributed by atoms with Crippen molar-refractivity contribution in [1.29, 1.82) is 0 Å². The predicted octanol–water partition coefficient (Wildman–Crippen LogP) is 1.80. The van der Waals surface area contributed by atoms with Gasteiger partial charge in [-0.1, -0.05) is 0 Å². The first-order valence-electron chi connectivity index (χ1n) is 6.37. The highest BCUT2D eigenvalue weighted by Gasteiger charge is 2.40. The lowest BCUT2D eigenvalue weighted by Crippen LogP contribution is -2.46. The molecule has 0 aromatic carbocycles. The van der Waals surface area contributed by atoms with E-state index in [2.05, 4.69) is 0 Å². The molecule has 0 aliphatic carbocycles. The molecule has 0 heterocycles. The average Bonchev–Trinajstić information content (AvgIpc) is 2.10. The molecule has 0 spiro atoms. The van der Waals surface area contributed by atoms with Gasteiger partial charge in [0.05, 0.1) is 11.2 Å². The molecule has 20 heavy (non-hydrogen) atoms. The highest BCUT2D eigenvalue weighted by atomic mass is 16.7. The van der Waals surface area contributed by atoms with Gasteiger partial charge in [0.25, 0.3) is 0 Å². The van der Waals surface area contributed by atoms with Crippen LogP contribution in [0.1, 0.15) is 48.5 Å². The van der Waals surface area contributed by atoms with Crippen LogP contribution in [0.4, 0.5) is 0 Å². The van der Waals surface area contributed by atoms with Crippen molar-refractivity contribution in [2.24, 2.45) is 5.92 Å². The van der Waals surface area contributed by atoms with Crippen LogP contribution < -0.4 is 0 Å². The zero-order valence-corrected chi connectivity index (χ0v) is 13.1. The molecule has 0 radical (unpaired) electrons. The average molecular weight is 288 g/mol. The minimum absolute atomic E-state index is 0.717. The van der Waals surface area contributed by atoms with Gasteiger partial charge in [-0.15, -0.1) is 0 Å². The first-order valence-corrected chi connectivity index (χ1v) is 6.37. The number of aliphatic carboxylic acids is 1. The number of carbonyl (C=O) groups excluding carboxylic acids is 2. The number of rotatable bonds is 6. The number of carbonyl (C=O) groups is 3. The quantitative estimate of drug-likeness (QED) is 0.592. The highest BCUT2D eigenvalue weighted by Crippen LogP contribution is 2.21. The Labute approximate surface area is 119 Å². The van der Waals surface area contributed by atoms with E-state index in [-0.39, 0.29) is 0 Å². The van der Waals surface area contributed by atoms with E-state index < -0.39 is 40.9 Å². The van der Waals surface area contributed by atoms with E-state index in [1.165, 1.54) is 0 Å². The van der Waals surface area contributed by atoms with Gasteiger partial charge < -0.3 is 14.6 Å². The number of hydrogen-bond donors (Lipinski definition) is 1. The van der Waals surface area contributed by atoms with Crippen LogP contribution in [0.15, 0.2) is 0 Å². The summed E-state index contributed by atoms with van der Waals surface area (Å²) >= 11 is 0. The molecular formula is C14H24O6. The van der Waals surface area contributed by atoms with Crippen LogP contribution in [0.25, 0.3) is 0 Å². The van der Waals surface area contributed by atoms with E-state index >= 15 is 0 Å². The maximum Gasteiger partial charge on any atom is 0.321 e. The molecule has 1 unspecified atom stereocenters. The van der Waals surface area contributed by atoms with E-state index in [0.29, 0.717) is 0 Å². The van der Waals surface area contributed by atoms with Crippen LogP contribution in [0, 0.1) is 5.92 Å². The summed E-state index contributed by atoms with van der Waals surface area (Å²) in [5.74, 6) is -4.91. The normalized spacial score (nSPS) is 14.2. The third kappa shape index (κ3) is 6.77. The summed E-state index contributed by atoms with van der Waals surface area (Å²) in [4.78, 5) is 34.6. The zero-order valence-electron chi connectivity index (χ0n) is 13.1. The van der Waals surface area contributed by atoms with Gasteiger partial charge in [0, 0.05) is 0 Å². The number of carboxylic acids is 1. The molecule has 0 aromatic heterocycles. The molecule has 6 heteroatoms. The first kappa shape index (κ1) is 18.7. The summed E-state index contributed by atoms with van der Waals surface area (Å²) in [5.41, 5.74) is -1.43. The molecule has 6 nitrogen and oxygen atoms in total. The molecule has 0 bridgehead atoms. The van der Waals surface area contributed by atoms with Crippen LogP contribution >= 0.6 is 0 Å². The van der Waals surface area contributed by atoms with Crippen molar-refractivity contribution >= 4 is 17.5 Å². The second kappa shape index (κ2) is 6.45. The van der Waals surface area contributed by atoms with E-state index in [0.717, 1.165) is 6.92 Å². The molecule has 0 aliphatic rings. The van der Waals surface area contributed by atoms with Crippen molar-refractivity contribution in [3.63, 3.8) is 0 Å². The molecular weight excluding hydrogens is 264 g/mol. The van der Waals surface area contributed by atoms with Gasteiger partial charge in [0.1, 0.15) is 0 Å². The van der Waals surface area contributed by atoms with E-state index in [1.807, 2.05) is 0 Å². The van der Waals surface area contributed by atoms with Crippen molar-refractivity contribution in [3.05, 3.63) is 0 Å². The number of hydrogen-bond acceptors (Lipinski definition) is 5. The molecule has 0 saturated carbocycles. The second-order valence-corrected chi connectivity index (χ2v) is 6.58. The van der Waals surface area contributed by atoms with Gasteiger partial charge in [0.15, 0.2) is 11.7 Å². The molecule has 1 N–H and O–H groups in total. The fourth-order valence-electron chi connectivity index (χ4n) is 1.41. The minimum atomic E-state index is -1.77. The summed E-state index contributed by atoms with van der Waals surface area (Å²) in [6.07, 6.45) is -1.40. The molecule has 0 saturated heterocycles. The Bertz CT molecular complexity index is 355. The largest absolute Gasteiger partial charge is 0.480 e. The van der Waals surface area contributed by atoms with Crippen LogP contribution in [0.3, 0.4) is 0 Å². The zero-order chi connectivity index (χ0) is 16.3. The summed E-state index contributed by atoms with van der Waals surface area (Å²) < 4.78 is 10.9. The van der Waals surface area contributed by atoms with Crippen molar-refractivity contribution < 1.29 is 29.0 Å². The van der Waals surface area contributed by atoms with E-state index in [4.69, 9.17) is 14.6 Å². The molecule has 1 atom stereocenters. The van der Waals surface area contributed by atoms with Crippen LogP contribution in [0.2, 0.25) is 0 Å². The molecule has 0 fully saturated rings. The van der Waals surface area contributed by atoms with Crippen molar-refractivity contribution in [2.75, 3.05) is 0 Å². The first-order chi connectivity index (χ1) is 8.74. The summed E-state index contributed by atoms with van der Waals surface area (Å²) in [7, 11) is 0. The smallest absolute Gasteiger partial charge is 0.321 e. The van der Waals surface area contributed by atoms with Crippen molar-refractivity contribution in [1.82, 2.24) is 0 Å². The monoisotopic (exact) mass is 288 g/mol. The van der Waals surface area contributed by atoms with Gasteiger partial charge in [-0.05, 0) is 48.5 Å². The summed E-state index contributed by atoms with van der Waals surface area (Å²) in [5, 5.41) is 9.01. The topological polar surface area (TPSA) is 89.9 Å². The maximum absolute atomic E-state index is 12.2. The lowest BCUT2D eigenvalue weighted by Gasteiger charge is -2.32. The standard InChI is InChI=1S/C14H24O6/c1-8(15)9(11(17)18)10(16)12(19-13(2,3)4)20-14(5,6)7/h9,12H,1-7H3,(H,17,18). The minimum Gasteiger partial charge on any atom is -0.480 e. The van der Waals surface area contributed by atoms with Gasteiger partial charge in [-0.2, -0.15) is 0 Å². The third-order valence-electron chi connectivity index (χ3n) is 2.09. The maximum atomic E-state index is 12.2. The Morgan fingerprint density at radius 2 is 1.25 bits per heavy atom. The Balaban J connectivity index is 5.34. The molecule has 0 rings (SSSR count). The van der Waals surface area contributed by atoms with Crippen molar-refractivity contribution in [3.8, 4) is 0 Å². The van der Waals surface area contributed by atoms with Crippen molar-refractivity contribution in [2.45, 2.75) is 66.0 Å². The molecule has 0 aromatic rings. The Kier molecular flexibility index (Phi) is 6.04. The van der Waals surface area contributed by atoms with E-state index in [9.17, 15) is 14.4 Å². The lowest BCUT2D eigenvalue weighted by molar-refractivity contribution is -0.230. The number of carboxylic acid groups (broad SMARTS) is 1. The summed E-state index contributed by atoms with van der Waals surface area (Å²) in [6, 6.07) is 0. The Hall–Kier alpha value is -1.27. The lowest BCUT2D eigenvalue weighted by atomic mass is 9.99. The SMILES string of the molecule is CC(=O)C(C(=O)O)C(=O)C(OC(C)(C)C)OC(C)(C)C. The second-order valence-electron chi connectivity index (χ2n) is 6.58.